The second-order valence-corrected chi connectivity index (χ2v) is 2.60. The summed E-state index contributed by atoms with van der Waals surface area (Å²) in [6.45, 7) is 5.68. The second-order valence-electron chi connectivity index (χ2n) is 2.60. The van der Waals surface area contributed by atoms with Crippen LogP contribution in [-0.4, -0.2) is 26.2 Å². The zero-order valence-corrected chi connectivity index (χ0v) is 7.59. The molecule has 11 heavy (non-hydrogen) atoms. The van der Waals surface area contributed by atoms with Crippen LogP contribution in [0.3, 0.4) is 0 Å². The number of carbonyl (C=O) groups excluding carboxylic acids is 1. The van der Waals surface area contributed by atoms with Crippen LogP contribution in [0.2, 0.25) is 0 Å². The highest BCUT2D eigenvalue weighted by Crippen LogP contribution is 2.03. The van der Waals surface area contributed by atoms with E-state index < -0.39 is 6.10 Å². The first-order valence-corrected chi connectivity index (χ1v) is 3.85. The molecule has 0 heterocycles. The molecule has 0 aromatic carbocycles. The van der Waals surface area contributed by atoms with Crippen LogP contribution in [0.15, 0.2) is 0 Å². The zero-order valence-electron chi connectivity index (χ0n) is 7.59. The Bertz CT molecular complexity index is 125. The first-order valence-electron chi connectivity index (χ1n) is 3.85. The molecule has 0 saturated heterocycles. The van der Waals surface area contributed by atoms with Gasteiger partial charge in [-0.2, -0.15) is 0 Å². The highest BCUT2D eigenvalue weighted by molar-refractivity contribution is 6.06. The zero-order chi connectivity index (χ0) is 8.85. The standard InChI is InChI=1S/C7H15BO3/c1-4-6(7(9)11-8)10-5(2)3/h5-6H,4,8H2,1-3H3. The molecule has 1 unspecified atom stereocenters. The lowest BCUT2D eigenvalue weighted by atomic mass is 10.2. The molecule has 4 heteroatoms. The summed E-state index contributed by atoms with van der Waals surface area (Å²) in [5, 5.41) is 0. The number of hydrogen-bond acceptors (Lipinski definition) is 3. The van der Waals surface area contributed by atoms with E-state index in [9.17, 15) is 4.79 Å². The van der Waals surface area contributed by atoms with E-state index in [0.29, 0.717) is 6.42 Å². The van der Waals surface area contributed by atoms with Crippen LogP contribution in [0, 0.1) is 0 Å². The van der Waals surface area contributed by atoms with Gasteiger partial charge in [0.2, 0.25) is 0 Å². The molecule has 0 radical (unpaired) electrons. The van der Waals surface area contributed by atoms with E-state index in [1.807, 2.05) is 20.8 Å². The molecule has 0 aliphatic heterocycles. The Hall–Kier alpha value is -0.505. The van der Waals surface area contributed by atoms with Crippen molar-refractivity contribution in [2.75, 3.05) is 0 Å². The van der Waals surface area contributed by atoms with Gasteiger partial charge in [-0.1, -0.05) is 6.92 Å². The summed E-state index contributed by atoms with van der Waals surface area (Å²) < 4.78 is 9.82. The third kappa shape index (κ3) is 4.04. The summed E-state index contributed by atoms with van der Waals surface area (Å²) in [4.78, 5) is 10.9. The van der Waals surface area contributed by atoms with Crippen molar-refractivity contribution >= 4 is 14.0 Å². The molecule has 0 fully saturated rings. The van der Waals surface area contributed by atoms with Gasteiger partial charge < -0.3 is 9.39 Å². The maximum absolute atomic E-state index is 10.9. The predicted molar refractivity (Wildman–Crippen MR) is 44.9 cm³/mol. The van der Waals surface area contributed by atoms with E-state index in [1.54, 1.807) is 0 Å². The molecule has 0 saturated carbocycles. The summed E-state index contributed by atoms with van der Waals surface area (Å²) in [5.41, 5.74) is 0. The molecule has 0 bridgehead atoms. The van der Waals surface area contributed by atoms with Crippen LogP contribution in [0.1, 0.15) is 27.2 Å². The fourth-order valence-corrected chi connectivity index (χ4v) is 0.778. The summed E-state index contributed by atoms with van der Waals surface area (Å²) in [5.74, 6) is -0.291. The van der Waals surface area contributed by atoms with E-state index in [2.05, 4.69) is 4.65 Å². The minimum absolute atomic E-state index is 0.0686. The van der Waals surface area contributed by atoms with Crippen molar-refractivity contribution in [1.29, 1.82) is 0 Å². The number of hydrogen-bond donors (Lipinski definition) is 0. The summed E-state index contributed by atoms with van der Waals surface area (Å²) in [7, 11) is 1.37. The maximum atomic E-state index is 10.9. The molecule has 3 nitrogen and oxygen atoms in total. The van der Waals surface area contributed by atoms with Crippen molar-refractivity contribution in [3.63, 3.8) is 0 Å². The van der Waals surface area contributed by atoms with Crippen LogP contribution >= 0.6 is 0 Å². The van der Waals surface area contributed by atoms with Gasteiger partial charge in [-0.15, -0.1) is 0 Å². The Morgan fingerprint density at radius 1 is 1.55 bits per heavy atom. The van der Waals surface area contributed by atoms with Gasteiger partial charge >= 0.3 is 14.0 Å². The predicted octanol–water partition coefficient (Wildman–Crippen LogP) is 0.281. The van der Waals surface area contributed by atoms with Gasteiger partial charge in [-0.05, 0) is 20.3 Å². The average molecular weight is 158 g/mol. The third-order valence-corrected chi connectivity index (χ3v) is 1.27. The van der Waals surface area contributed by atoms with E-state index in [1.165, 1.54) is 8.05 Å². The lowest BCUT2D eigenvalue weighted by Crippen LogP contribution is -2.27. The van der Waals surface area contributed by atoms with Crippen LogP contribution in [0.4, 0.5) is 0 Å². The fourth-order valence-electron chi connectivity index (χ4n) is 0.778. The van der Waals surface area contributed by atoms with Crippen LogP contribution in [0.5, 0.6) is 0 Å². The third-order valence-electron chi connectivity index (χ3n) is 1.27. The molecular weight excluding hydrogens is 143 g/mol. The topological polar surface area (TPSA) is 35.5 Å². The Kier molecular flexibility index (Phi) is 4.95. The highest BCUT2D eigenvalue weighted by Gasteiger charge is 2.17. The number of ether oxygens (including phenoxy) is 1. The average Bonchev–Trinajstić information content (AvgIpc) is 1.98. The van der Waals surface area contributed by atoms with Gasteiger partial charge in [-0.3, -0.25) is 4.79 Å². The Labute approximate surface area is 68.5 Å². The van der Waals surface area contributed by atoms with Crippen LogP contribution in [0.25, 0.3) is 0 Å². The lowest BCUT2D eigenvalue weighted by Gasteiger charge is -2.16. The van der Waals surface area contributed by atoms with E-state index in [-0.39, 0.29) is 12.1 Å². The molecule has 0 aromatic heterocycles. The smallest absolute Gasteiger partial charge is 0.326 e. The molecule has 1 atom stereocenters. The summed E-state index contributed by atoms with van der Waals surface area (Å²) in [6.07, 6.45) is 0.323. The van der Waals surface area contributed by atoms with Crippen molar-refractivity contribution in [3.05, 3.63) is 0 Å². The number of rotatable bonds is 4. The Balaban J connectivity index is 3.84. The van der Waals surface area contributed by atoms with Crippen molar-refractivity contribution in [2.45, 2.75) is 39.4 Å². The van der Waals surface area contributed by atoms with Crippen molar-refractivity contribution < 1.29 is 14.2 Å². The highest BCUT2D eigenvalue weighted by atomic mass is 16.6. The minimum Gasteiger partial charge on any atom is -0.542 e. The quantitative estimate of drug-likeness (QED) is 0.551. The second kappa shape index (κ2) is 5.19. The van der Waals surface area contributed by atoms with Crippen LogP contribution < -0.4 is 0 Å². The molecule has 0 aliphatic carbocycles. The SMILES string of the molecule is BOC(=O)C(CC)OC(C)C. The molecule has 0 amide bonds. The molecule has 64 valence electrons. The van der Waals surface area contributed by atoms with Gasteiger partial charge in [0.25, 0.3) is 0 Å². The summed E-state index contributed by atoms with van der Waals surface area (Å²) in [6, 6.07) is 0. The van der Waals surface area contributed by atoms with Crippen molar-refractivity contribution in [1.82, 2.24) is 0 Å². The molecule has 0 aliphatic rings. The first kappa shape index (κ1) is 10.5. The first-order chi connectivity index (χ1) is 5.11. The summed E-state index contributed by atoms with van der Waals surface area (Å²) >= 11 is 0. The number of carbonyl (C=O) groups is 1. The monoisotopic (exact) mass is 158 g/mol. The van der Waals surface area contributed by atoms with E-state index in [4.69, 9.17) is 4.74 Å². The fraction of sp³-hybridized carbons (Fsp3) is 0.857. The molecular formula is C7H15BO3. The Morgan fingerprint density at radius 3 is 2.36 bits per heavy atom. The Morgan fingerprint density at radius 2 is 2.09 bits per heavy atom. The van der Waals surface area contributed by atoms with E-state index in [0.717, 1.165) is 0 Å². The lowest BCUT2D eigenvalue weighted by molar-refractivity contribution is -0.150. The maximum Gasteiger partial charge on any atom is 0.326 e. The van der Waals surface area contributed by atoms with Gasteiger partial charge in [0.05, 0.1) is 6.10 Å². The largest absolute Gasteiger partial charge is 0.542 e. The van der Waals surface area contributed by atoms with Crippen molar-refractivity contribution in [3.8, 4) is 0 Å². The van der Waals surface area contributed by atoms with Gasteiger partial charge in [0, 0.05) is 0 Å². The van der Waals surface area contributed by atoms with Gasteiger partial charge in [0.15, 0.2) is 6.10 Å². The molecule has 0 rings (SSSR count). The van der Waals surface area contributed by atoms with Crippen molar-refractivity contribution in [2.24, 2.45) is 0 Å². The van der Waals surface area contributed by atoms with Crippen LogP contribution in [-0.2, 0) is 14.2 Å². The normalized spacial score (nSPS) is 13.1. The van der Waals surface area contributed by atoms with Gasteiger partial charge in [0.1, 0.15) is 0 Å². The molecule has 0 spiro atoms. The minimum atomic E-state index is -0.403. The molecule has 0 aromatic rings. The van der Waals surface area contributed by atoms with Gasteiger partial charge in [-0.25, -0.2) is 0 Å². The van der Waals surface area contributed by atoms with E-state index >= 15 is 0 Å². The molecule has 0 N–H and O–H groups in total.